The van der Waals surface area contributed by atoms with E-state index in [1.807, 2.05) is 18.2 Å². The van der Waals surface area contributed by atoms with E-state index in [0.717, 1.165) is 41.5 Å². The lowest BCUT2D eigenvalue weighted by atomic mass is 10.2. The van der Waals surface area contributed by atoms with E-state index in [-0.39, 0.29) is 29.4 Å². The largest absolute Gasteiger partial charge is 0.497 e. The number of methoxy groups -OCH3 is 1. The first-order valence-electron chi connectivity index (χ1n) is 10.8. The molecule has 4 rings (SSSR count). The average Bonchev–Trinajstić information content (AvgIpc) is 3.23. The highest BCUT2D eigenvalue weighted by Crippen LogP contribution is 2.31. The van der Waals surface area contributed by atoms with Crippen LogP contribution < -0.4 is 15.0 Å². The molecule has 0 unspecified atom stereocenters. The number of nitrogens with one attached hydrogen (secondary N) is 1. The van der Waals surface area contributed by atoms with Crippen LogP contribution in [0.25, 0.3) is 10.2 Å². The predicted molar refractivity (Wildman–Crippen MR) is 132 cm³/mol. The number of rotatable bonds is 8. The third-order valence-electron chi connectivity index (χ3n) is 5.67. The van der Waals surface area contributed by atoms with Crippen molar-refractivity contribution >= 4 is 48.1 Å². The second kappa shape index (κ2) is 10.1. The minimum absolute atomic E-state index is 0.0883. The Morgan fingerprint density at radius 1 is 1.12 bits per heavy atom. The molecule has 0 atom stereocenters. The number of piperazine rings is 1. The molecule has 1 aromatic heterocycles. The van der Waals surface area contributed by atoms with Crippen molar-refractivity contribution in [2.24, 2.45) is 0 Å². The van der Waals surface area contributed by atoms with Crippen LogP contribution in [0.2, 0.25) is 0 Å². The smallest absolute Gasteiger partial charge is 0.224 e. The van der Waals surface area contributed by atoms with Crippen molar-refractivity contribution in [1.29, 1.82) is 0 Å². The summed E-state index contributed by atoms with van der Waals surface area (Å²) < 4.78 is 31.0. The predicted octanol–water partition coefficient (Wildman–Crippen LogP) is 3.25. The quantitative estimate of drug-likeness (QED) is 0.520. The summed E-state index contributed by atoms with van der Waals surface area (Å²) in [6.45, 7) is 3.95. The minimum atomic E-state index is -3.44. The Morgan fingerprint density at radius 2 is 1.85 bits per heavy atom. The standard InChI is InChI=1S/C23H28N4O4S2/c1-26-11-13-27(14-12-26)23-25-20-10-5-17(16-21(20)32-23)24-22(28)4-3-15-33(29,30)19-8-6-18(31-2)7-9-19/h5-10,16H,3-4,11-15H2,1-2H3,(H,24,28). The summed E-state index contributed by atoms with van der Waals surface area (Å²) in [5, 5.41) is 3.88. The molecule has 10 heteroatoms. The molecule has 0 aliphatic carbocycles. The van der Waals surface area contributed by atoms with Crippen LogP contribution in [0.3, 0.4) is 0 Å². The first-order valence-corrected chi connectivity index (χ1v) is 13.3. The molecule has 1 aliphatic rings. The van der Waals surface area contributed by atoms with Gasteiger partial charge in [-0.1, -0.05) is 11.3 Å². The van der Waals surface area contributed by atoms with E-state index < -0.39 is 9.84 Å². The zero-order chi connectivity index (χ0) is 23.4. The molecule has 33 heavy (non-hydrogen) atoms. The molecule has 0 spiro atoms. The fourth-order valence-electron chi connectivity index (χ4n) is 3.67. The number of amides is 1. The summed E-state index contributed by atoms with van der Waals surface area (Å²) in [7, 11) is 0.209. The van der Waals surface area contributed by atoms with Crippen molar-refractivity contribution < 1.29 is 17.9 Å². The molecule has 176 valence electrons. The van der Waals surface area contributed by atoms with Crippen molar-refractivity contribution in [3.63, 3.8) is 0 Å². The summed E-state index contributed by atoms with van der Waals surface area (Å²) >= 11 is 1.62. The molecule has 8 nitrogen and oxygen atoms in total. The van der Waals surface area contributed by atoms with Gasteiger partial charge >= 0.3 is 0 Å². The Balaban J connectivity index is 1.31. The normalized spacial score (nSPS) is 15.0. The summed E-state index contributed by atoms with van der Waals surface area (Å²) in [6, 6.07) is 12.0. The number of aromatic nitrogens is 1. The molecule has 0 bridgehead atoms. The van der Waals surface area contributed by atoms with E-state index in [0.29, 0.717) is 11.4 Å². The third-order valence-corrected chi connectivity index (χ3v) is 8.57. The molecule has 1 saturated heterocycles. The highest BCUT2D eigenvalue weighted by atomic mass is 32.2. The van der Waals surface area contributed by atoms with Gasteiger partial charge in [0.1, 0.15) is 5.75 Å². The van der Waals surface area contributed by atoms with Crippen LogP contribution in [0.15, 0.2) is 47.4 Å². The average molecular weight is 489 g/mol. The van der Waals surface area contributed by atoms with E-state index in [1.165, 1.54) is 19.2 Å². The van der Waals surface area contributed by atoms with Crippen LogP contribution in [0.4, 0.5) is 10.8 Å². The van der Waals surface area contributed by atoms with Crippen LogP contribution >= 0.6 is 11.3 Å². The Hall–Kier alpha value is -2.69. The number of hydrogen-bond donors (Lipinski definition) is 1. The van der Waals surface area contributed by atoms with Crippen LogP contribution in [-0.2, 0) is 14.6 Å². The number of carbonyl (C=O) groups is 1. The number of sulfone groups is 1. The minimum Gasteiger partial charge on any atom is -0.497 e. The van der Waals surface area contributed by atoms with Gasteiger partial charge in [-0.25, -0.2) is 13.4 Å². The molecule has 1 N–H and O–H groups in total. The fourth-order valence-corrected chi connectivity index (χ4v) is 6.04. The Labute approximate surface area is 198 Å². The number of likely N-dealkylation sites (N-methyl/N-ethyl adjacent to an activating group) is 1. The number of nitrogens with zero attached hydrogens (tertiary/aromatic N) is 3. The second-order valence-corrected chi connectivity index (χ2v) is 11.2. The maximum atomic E-state index is 12.5. The first kappa shape index (κ1) is 23.5. The van der Waals surface area contributed by atoms with Gasteiger partial charge in [-0.05, 0) is 55.9 Å². The van der Waals surface area contributed by atoms with Crippen LogP contribution in [0.5, 0.6) is 5.75 Å². The molecule has 0 saturated carbocycles. The van der Waals surface area contributed by atoms with Gasteiger partial charge in [0.15, 0.2) is 15.0 Å². The number of fused-ring (bicyclic) bond motifs is 1. The number of benzene rings is 2. The van der Waals surface area contributed by atoms with Crippen LogP contribution in [-0.4, -0.2) is 70.3 Å². The van der Waals surface area contributed by atoms with Gasteiger partial charge < -0.3 is 19.9 Å². The molecule has 2 heterocycles. The van der Waals surface area contributed by atoms with Gasteiger partial charge in [0.2, 0.25) is 5.91 Å². The van der Waals surface area contributed by atoms with Gasteiger partial charge in [-0.3, -0.25) is 4.79 Å². The SMILES string of the molecule is COc1ccc(S(=O)(=O)CCCC(=O)Nc2ccc3nc(N4CCN(C)CC4)sc3c2)cc1. The molecule has 2 aromatic carbocycles. The molecule has 3 aromatic rings. The number of carbonyl (C=O) groups excluding carboxylic acids is 1. The topological polar surface area (TPSA) is 91.8 Å². The molecular weight excluding hydrogens is 460 g/mol. The Kier molecular flexibility index (Phi) is 7.16. The van der Waals surface area contributed by atoms with Gasteiger partial charge in [0.05, 0.1) is 28.0 Å². The summed E-state index contributed by atoms with van der Waals surface area (Å²) in [6.07, 6.45) is 0.374. The van der Waals surface area contributed by atoms with Gasteiger partial charge in [0, 0.05) is 38.3 Å². The van der Waals surface area contributed by atoms with Crippen molar-refractivity contribution in [2.75, 3.05) is 56.3 Å². The highest BCUT2D eigenvalue weighted by Gasteiger charge is 2.18. The van der Waals surface area contributed by atoms with Crippen molar-refractivity contribution in [3.8, 4) is 5.75 Å². The molecule has 1 fully saturated rings. The zero-order valence-electron chi connectivity index (χ0n) is 18.8. The number of hydrogen-bond acceptors (Lipinski definition) is 8. The highest BCUT2D eigenvalue weighted by molar-refractivity contribution is 7.91. The van der Waals surface area contributed by atoms with E-state index in [4.69, 9.17) is 9.72 Å². The van der Waals surface area contributed by atoms with Gasteiger partial charge in [-0.2, -0.15) is 0 Å². The number of ether oxygens (including phenoxy) is 1. The summed E-state index contributed by atoms with van der Waals surface area (Å²) in [5.41, 5.74) is 1.61. The first-order chi connectivity index (χ1) is 15.8. The lowest BCUT2D eigenvalue weighted by molar-refractivity contribution is -0.116. The maximum absolute atomic E-state index is 12.5. The Morgan fingerprint density at radius 3 is 2.55 bits per heavy atom. The van der Waals surface area contributed by atoms with Gasteiger partial charge in [0.25, 0.3) is 0 Å². The Bertz CT molecular complexity index is 1220. The monoisotopic (exact) mass is 488 g/mol. The van der Waals surface area contributed by atoms with E-state index in [9.17, 15) is 13.2 Å². The molecule has 1 amide bonds. The summed E-state index contributed by atoms with van der Waals surface area (Å²) in [5.74, 6) is 0.305. The lowest BCUT2D eigenvalue weighted by Gasteiger charge is -2.31. The molecule has 1 aliphatic heterocycles. The maximum Gasteiger partial charge on any atom is 0.224 e. The van der Waals surface area contributed by atoms with E-state index in [1.54, 1.807) is 23.5 Å². The van der Waals surface area contributed by atoms with Crippen molar-refractivity contribution in [1.82, 2.24) is 9.88 Å². The number of anilines is 2. The van der Waals surface area contributed by atoms with Gasteiger partial charge in [-0.15, -0.1) is 0 Å². The lowest BCUT2D eigenvalue weighted by Crippen LogP contribution is -2.44. The zero-order valence-corrected chi connectivity index (χ0v) is 20.4. The van der Waals surface area contributed by atoms with E-state index in [2.05, 4.69) is 22.2 Å². The fraction of sp³-hybridized carbons (Fsp3) is 0.391. The van der Waals surface area contributed by atoms with Crippen LogP contribution in [0.1, 0.15) is 12.8 Å². The van der Waals surface area contributed by atoms with Crippen LogP contribution in [0, 0.1) is 0 Å². The molecule has 0 radical (unpaired) electrons. The second-order valence-electron chi connectivity index (χ2n) is 8.12. The van der Waals surface area contributed by atoms with E-state index >= 15 is 0 Å². The van der Waals surface area contributed by atoms with Crippen molar-refractivity contribution in [2.45, 2.75) is 17.7 Å². The number of thiazole rings is 1. The summed E-state index contributed by atoms with van der Waals surface area (Å²) in [4.78, 5) is 22.0. The molecular formula is C23H28N4O4S2. The van der Waals surface area contributed by atoms with Crippen molar-refractivity contribution in [3.05, 3.63) is 42.5 Å². The third kappa shape index (κ3) is 5.82.